The average molecular weight is 414 g/mol. The molecule has 1 amide bonds. The van der Waals surface area contributed by atoms with Crippen molar-refractivity contribution in [1.29, 1.82) is 0 Å². The highest BCUT2D eigenvalue weighted by Gasteiger charge is 2.50. The number of ether oxygens (including phenoxy) is 1. The number of carbonyl (C=O) groups excluding carboxylic acids is 1. The van der Waals surface area contributed by atoms with Gasteiger partial charge in [-0.25, -0.2) is 4.79 Å². The monoisotopic (exact) mass is 413 g/mol. The number of hydrogen-bond donors (Lipinski definition) is 0. The highest BCUT2D eigenvalue weighted by atomic mass is 28.4. The van der Waals surface area contributed by atoms with E-state index in [-0.39, 0.29) is 11.1 Å². The molecule has 2 aromatic rings. The van der Waals surface area contributed by atoms with Crippen molar-refractivity contribution in [3.63, 3.8) is 0 Å². The van der Waals surface area contributed by atoms with Crippen molar-refractivity contribution < 1.29 is 14.0 Å². The van der Waals surface area contributed by atoms with Crippen molar-refractivity contribution in [2.75, 3.05) is 20.2 Å². The van der Waals surface area contributed by atoms with Crippen LogP contribution in [0.5, 0.6) is 0 Å². The number of likely N-dealkylation sites (N-methyl/N-ethyl adjacent to an activating group) is 1. The van der Waals surface area contributed by atoms with Crippen molar-refractivity contribution in [3.8, 4) is 0 Å². The van der Waals surface area contributed by atoms with Crippen LogP contribution in [0.3, 0.4) is 0 Å². The first kappa shape index (κ1) is 23.2. The molecule has 2 aromatic carbocycles. The van der Waals surface area contributed by atoms with Crippen LogP contribution in [0.2, 0.25) is 5.04 Å². The minimum Gasteiger partial charge on any atom is -0.444 e. The number of hydrogen-bond acceptors (Lipinski definition) is 3. The van der Waals surface area contributed by atoms with Gasteiger partial charge >= 0.3 is 6.09 Å². The summed E-state index contributed by atoms with van der Waals surface area (Å²) in [5.74, 6) is 0. The fraction of sp³-hybridized carbons (Fsp3) is 0.458. The van der Waals surface area contributed by atoms with Crippen LogP contribution >= 0.6 is 0 Å². The lowest BCUT2D eigenvalue weighted by Gasteiger charge is -2.43. The maximum absolute atomic E-state index is 12.3. The van der Waals surface area contributed by atoms with Crippen LogP contribution in [0.15, 0.2) is 60.7 Å². The zero-order valence-corrected chi connectivity index (χ0v) is 19.9. The van der Waals surface area contributed by atoms with E-state index in [1.54, 1.807) is 11.9 Å². The zero-order chi connectivity index (χ0) is 21.7. The van der Waals surface area contributed by atoms with Crippen LogP contribution in [0.25, 0.3) is 0 Å². The van der Waals surface area contributed by atoms with Crippen molar-refractivity contribution in [1.82, 2.24) is 4.90 Å². The third kappa shape index (κ3) is 5.70. The molecule has 2 rings (SSSR count). The van der Waals surface area contributed by atoms with Gasteiger partial charge in [-0.2, -0.15) is 0 Å². The Labute approximate surface area is 177 Å². The predicted molar refractivity (Wildman–Crippen MR) is 122 cm³/mol. The molecule has 0 bridgehead atoms. The summed E-state index contributed by atoms with van der Waals surface area (Å²) in [7, 11) is -0.824. The first-order chi connectivity index (χ1) is 13.5. The van der Waals surface area contributed by atoms with Crippen LogP contribution < -0.4 is 10.4 Å². The summed E-state index contributed by atoms with van der Waals surface area (Å²) < 4.78 is 12.3. The quantitative estimate of drug-likeness (QED) is 0.658. The summed E-state index contributed by atoms with van der Waals surface area (Å²) >= 11 is 0. The molecule has 5 heteroatoms. The Hall–Kier alpha value is -2.11. The lowest BCUT2D eigenvalue weighted by atomic mass is 10.2. The third-order valence-electron chi connectivity index (χ3n) is 4.87. The number of carbonyl (C=O) groups is 1. The van der Waals surface area contributed by atoms with Crippen molar-refractivity contribution in [2.24, 2.45) is 0 Å². The zero-order valence-electron chi connectivity index (χ0n) is 18.9. The van der Waals surface area contributed by atoms with E-state index < -0.39 is 13.9 Å². The Kier molecular flexibility index (Phi) is 7.30. The molecule has 0 fully saturated rings. The second-order valence-corrected chi connectivity index (χ2v) is 13.7. The van der Waals surface area contributed by atoms with Crippen LogP contribution in [0.4, 0.5) is 4.79 Å². The summed E-state index contributed by atoms with van der Waals surface area (Å²) in [5, 5.41) is 2.39. The highest BCUT2D eigenvalue weighted by Crippen LogP contribution is 2.36. The van der Waals surface area contributed by atoms with E-state index in [2.05, 4.69) is 69.3 Å². The summed E-state index contributed by atoms with van der Waals surface area (Å²) in [4.78, 5) is 13.9. The molecular formula is C24H35NO3Si. The molecule has 0 aliphatic carbocycles. The van der Waals surface area contributed by atoms with E-state index in [0.717, 1.165) is 0 Å². The van der Waals surface area contributed by atoms with Crippen molar-refractivity contribution in [2.45, 2.75) is 52.2 Å². The van der Waals surface area contributed by atoms with Gasteiger partial charge in [0.1, 0.15) is 5.60 Å². The van der Waals surface area contributed by atoms with Gasteiger partial charge < -0.3 is 14.1 Å². The number of rotatable bonds is 6. The van der Waals surface area contributed by atoms with E-state index in [1.165, 1.54) is 10.4 Å². The van der Waals surface area contributed by atoms with E-state index in [0.29, 0.717) is 13.2 Å². The van der Waals surface area contributed by atoms with E-state index in [1.807, 2.05) is 32.9 Å². The Morgan fingerprint density at radius 3 is 1.69 bits per heavy atom. The van der Waals surface area contributed by atoms with Gasteiger partial charge in [0.2, 0.25) is 0 Å². The van der Waals surface area contributed by atoms with E-state index in [4.69, 9.17) is 9.16 Å². The fourth-order valence-corrected chi connectivity index (χ4v) is 8.08. The smallest absolute Gasteiger partial charge is 0.410 e. The minimum absolute atomic E-state index is 0.0831. The van der Waals surface area contributed by atoms with Gasteiger partial charge in [-0.15, -0.1) is 0 Å². The Bertz CT molecular complexity index is 740. The van der Waals surface area contributed by atoms with Gasteiger partial charge in [0.05, 0.1) is 6.61 Å². The molecule has 0 aliphatic heterocycles. The van der Waals surface area contributed by atoms with E-state index in [9.17, 15) is 4.79 Å². The molecule has 29 heavy (non-hydrogen) atoms. The van der Waals surface area contributed by atoms with Crippen LogP contribution in [-0.2, 0) is 9.16 Å². The minimum atomic E-state index is -2.58. The predicted octanol–water partition coefficient (Wildman–Crippen LogP) is 4.43. The topological polar surface area (TPSA) is 38.8 Å². The number of benzene rings is 2. The molecule has 158 valence electrons. The SMILES string of the molecule is CN(CCO[Si](c1ccccc1)(c1ccccc1)C(C)(C)C)C(=O)OC(C)(C)C. The van der Waals surface area contributed by atoms with Crippen LogP contribution in [0, 0.1) is 0 Å². The van der Waals surface area contributed by atoms with Gasteiger partial charge in [0, 0.05) is 13.6 Å². The standard InChI is InChI=1S/C24H35NO3Si/c1-23(2,3)28-22(26)25(7)18-19-27-29(24(4,5)6,20-14-10-8-11-15-20)21-16-12-9-13-17-21/h8-17H,18-19H2,1-7H3. The van der Waals surface area contributed by atoms with Crippen LogP contribution in [-0.4, -0.2) is 45.1 Å². The second kappa shape index (κ2) is 9.14. The van der Waals surface area contributed by atoms with E-state index >= 15 is 0 Å². The number of amides is 1. The fourth-order valence-electron chi connectivity index (χ4n) is 3.53. The normalized spacial score (nSPS) is 12.5. The molecule has 0 spiro atoms. The van der Waals surface area contributed by atoms with Gasteiger partial charge in [-0.1, -0.05) is 81.4 Å². The average Bonchev–Trinajstić information content (AvgIpc) is 2.64. The maximum atomic E-state index is 12.3. The lowest BCUT2D eigenvalue weighted by molar-refractivity contribution is 0.0276. The summed E-state index contributed by atoms with van der Waals surface area (Å²) in [6, 6.07) is 21.0. The largest absolute Gasteiger partial charge is 0.444 e. The molecule has 0 atom stereocenters. The molecule has 0 aromatic heterocycles. The molecule has 0 unspecified atom stereocenters. The summed E-state index contributed by atoms with van der Waals surface area (Å²) in [6.45, 7) is 13.3. The molecule has 0 saturated carbocycles. The Balaban J connectivity index is 2.31. The maximum Gasteiger partial charge on any atom is 0.410 e. The van der Waals surface area contributed by atoms with Gasteiger partial charge in [0.15, 0.2) is 0 Å². The molecular weight excluding hydrogens is 378 g/mol. The summed E-state index contributed by atoms with van der Waals surface area (Å²) in [6.07, 6.45) is -0.330. The molecule has 0 radical (unpaired) electrons. The summed E-state index contributed by atoms with van der Waals surface area (Å²) in [5.41, 5.74) is -0.510. The molecule has 4 nitrogen and oxygen atoms in total. The first-order valence-electron chi connectivity index (χ1n) is 10.2. The van der Waals surface area contributed by atoms with Crippen molar-refractivity contribution >= 4 is 24.8 Å². The second-order valence-electron chi connectivity index (χ2n) is 9.41. The van der Waals surface area contributed by atoms with Gasteiger partial charge in [-0.05, 0) is 36.2 Å². The van der Waals surface area contributed by atoms with Gasteiger partial charge in [0.25, 0.3) is 8.32 Å². The molecule has 0 N–H and O–H groups in total. The Morgan fingerprint density at radius 2 is 1.31 bits per heavy atom. The third-order valence-corrected chi connectivity index (χ3v) is 9.91. The number of nitrogens with zero attached hydrogens (tertiary/aromatic N) is 1. The lowest BCUT2D eigenvalue weighted by Crippen LogP contribution is -2.67. The highest BCUT2D eigenvalue weighted by molar-refractivity contribution is 6.99. The van der Waals surface area contributed by atoms with Gasteiger partial charge in [-0.3, -0.25) is 0 Å². The molecule has 0 aliphatic rings. The van der Waals surface area contributed by atoms with Crippen molar-refractivity contribution in [3.05, 3.63) is 60.7 Å². The van der Waals surface area contributed by atoms with Crippen LogP contribution in [0.1, 0.15) is 41.5 Å². The molecule has 0 saturated heterocycles. The first-order valence-corrected chi connectivity index (χ1v) is 12.1. The Morgan fingerprint density at radius 1 is 0.862 bits per heavy atom. The molecule has 0 heterocycles.